The van der Waals surface area contributed by atoms with Gasteiger partial charge in [-0.25, -0.2) is 4.98 Å². The van der Waals surface area contributed by atoms with Crippen LogP contribution in [0.4, 0.5) is 0 Å². The molecule has 0 saturated carbocycles. The minimum absolute atomic E-state index is 0.0473. The number of benzene rings is 2. The number of fused-ring (bicyclic) bond motifs is 1. The first-order valence-corrected chi connectivity index (χ1v) is 6.96. The van der Waals surface area contributed by atoms with Crippen LogP contribution in [0.2, 0.25) is 0 Å². The largest absolute Gasteiger partial charge is 0.291 e. The minimum Gasteiger partial charge on any atom is -0.291 e. The van der Waals surface area contributed by atoms with Gasteiger partial charge in [0.2, 0.25) is 0 Å². The quantitative estimate of drug-likeness (QED) is 0.688. The predicted molar refractivity (Wildman–Crippen MR) is 78.8 cm³/mol. The van der Waals surface area contributed by atoms with E-state index < -0.39 is 0 Å². The van der Waals surface area contributed by atoms with Crippen LogP contribution >= 0.6 is 11.3 Å². The highest BCUT2D eigenvalue weighted by Gasteiger charge is 2.14. The highest BCUT2D eigenvalue weighted by atomic mass is 32.1. The molecule has 2 aromatic carbocycles. The number of para-hydroxylation sites is 1. The van der Waals surface area contributed by atoms with Crippen LogP contribution in [0, 0.1) is 11.3 Å². The summed E-state index contributed by atoms with van der Waals surface area (Å²) >= 11 is 1.39. The van der Waals surface area contributed by atoms with E-state index in [1.807, 2.05) is 36.4 Å². The van der Waals surface area contributed by atoms with Gasteiger partial charge >= 0.3 is 0 Å². The molecule has 0 radical (unpaired) electrons. The van der Waals surface area contributed by atoms with E-state index in [0.717, 1.165) is 15.8 Å². The molecule has 3 aromatic rings. The molecule has 3 rings (SSSR count). The molecular weight excluding hydrogens is 268 g/mol. The average Bonchev–Trinajstić information content (AvgIpc) is 2.92. The molecule has 3 nitrogen and oxygen atoms in total. The monoisotopic (exact) mass is 278 g/mol. The number of hydrogen-bond donors (Lipinski definition) is 0. The zero-order valence-corrected chi connectivity index (χ0v) is 11.4. The third kappa shape index (κ3) is 2.31. The van der Waals surface area contributed by atoms with Gasteiger partial charge in [0.15, 0.2) is 10.8 Å². The number of nitriles is 1. The second-order valence-corrected chi connectivity index (χ2v) is 5.39. The summed E-state index contributed by atoms with van der Waals surface area (Å²) in [5.41, 5.74) is 2.13. The Morgan fingerprint density at radius 3 is 2.70 bits per heavy atom. The van der Waals surface area contributed by atoms with E-state index in [4.69, 9.17) is 5.26 Å². The standard InChI is InChI=1S/C16H10N2OS/c17-10-12-6-2-1-5-11(12)9-14(19)16-18-13-7-3-4-8-15(13)20-16/h1-8H,9H2. The van der Waals surface area contributed by atoms with Gasteiger partial charge in [-0.2, -0.15) is 5.26 Å². The lowest BCUT2D eigenvalue weighted by Gasteiger charge is -2.00. The first-order chi connectivity index (χ1) is 9.78. The molecule has 0 spiro atoms. The summed E-state index contributed by atoms with van der Waals surface area (Å²) < 4.78 is 1.00. The van der Waals surface area contributed by atoms with Gasteiger partial charge in [0.1, 0.15) is 0 Å². The van der Waals surface area contributed by atoms with Crippen molar-refractivity contribution in [2.24, 2.45) is 0 Å². The fourth-order valence-corrected chi connectivity index (χ4v) is 2.93. The number of carbonyl (C=O) groups excluding carboxylic acids is 1. The molecule has 0 aliphatic rings. The molecule has 4 heteroatoms. The van der Waals surface area contributed by atoms with Gasteiger partial charge in [-0.1, -0.05) is 30.3 Å². The Kier molecular flexibility index (Phi) is 3.28. The highest BCUT2D eigenvalue weighted by Crippen LogP contribution is 2.23. The molecule has 0 saturated heterocycles. The lowest BCUT2D eigenvalue weighted by Crippen LogP contribution is -2.04. The Labute approximate surface area is 120 Å². The van der Waals surface area contributed by atoms with Crippen LogP contribution in [0.1, 0.15) is 20.9 Å². The number of hydrogen-bond acceptors (Lipinski definition) is 4. The Bertz CT molecular complexity index is 797. The summed E-state index contributed by atoms with van der Waals surface area (Å²) in [6.07, 6.45) is 0.212. The molecule has 20 heavy (non-hydrogen) atoms. The maximum absolute atomic E-state index is 12.3. The summed E-state index contributed by atoms with van der Waals surface area (Å²) in [6, 6.07) is 17.0. The van der Waals surface area contributed by atoms with Crippen LogP contribution in [-0.2, 0) is 6.42 Å². The Morgan fingerprint density at radius 1 is 1.15 bits per heavy atom. The van der Waals surface area contributed by atoms with E-state index in [0.29, 0.717) is 10.6 Å². The topological polar surface area (TPSA) is 53.8 Å². The van der Waals surface area contributed by atoms with E-state index in [1.165, 1.54) is 11.3 Å². The summed E-state index contributed by atoms with van der Waals surface area (Å²) in [5.74, 6) is -0.0473. The molecule has 0 bridgehead atoms. The molecular formula is C16H10N2OS. The maximum Gasteiger partial charge on any atom is 0.195 e. The zero-order valence-electron chi connectivity index (χ0n) is 10.5. The van der Waals surface area contributed by atoms with Crippen LogP contribution in [0.3, 0.4) is 0 Å². The van der Waals surface area contributed by atoms with Crippen molar-refractivity contribution in [2.45, 2.75) is 6.42 Å². The van der Waals surface area contributed by atoms with Gasteiger partial charge in [0.05, 0.1) is 21.8 Å². The SMILES string of the molecule is N#Cc1ccccc1CC(=O)c1nc2ccccc2s1. The number of carbonyl (C=O) groups is 1. The fourth-order valence-electron chi connectivity index (χ4n) is 2.02. The Balaban J connectivity index is 1.91. The number of Topliss-reactive ketones (excluding diaryl/α,β-unsaturated/α-hetero) is 1. The second-order valence-electron chi connectivity index (χ2n) is 4.36. The molecule has 0 unspecified atom stereocenters. The predicted octanol–water partition coefficient (Wildman–Crippen LogP) is 3.59. The van der Waals surface area contributed by atoms with E-state index >= 15 is 0 Å². The number of nitrogens with zero attached hydrogens (tertiary/aromatic N) is 2. The van der Waals surface area contributed by atoms with Crippen molar-refractivity contribution in [3.8, 4) is 6.07 Å². The van der Waals surface area contributed by atoms with Crippen molar-refractivity contribution in [3.05, 3.63) is 64.7 Å². The van der Waals surface area contributed by atoms with Crippen molar-refractivity contribution in [1.29, 1.82) is 5.26 Å². The summed E-state index contributed by atoms with van der Waals surface area (Å²) in [4.78, 5) is 16.6. The van der Waals surface area contributed by atoms with Crippen molar-refractivity contribution in [3.63, 3.8) is 0 Å². The third-order valence-corrected chi connectivity index (χ3v) is 4.10. The summed E-state index contributed by atoms with van der Waals surface area (Å²) in [7, 11) is 0. The summed E-state index contributed by atoms with van der Waals surface area (Å²) in [6.45, 7) is 0. The zero-order chi connectivity index (χ0) is 13.9. The number of rotatable bonds is 3. The van der Waals surface area contributed by atoms with Crippen LogP contribution < -0.4 is 0 Å². The van der Waals surface area contributed by atoms with E-state index in [1.54, 1.807) is 12.1 Å². The molecule has 1 heterocycles. The normalized spacial score (nSPS) is 10.3. The van der Waals surface area contributed by atoms with Crippen LogP contribution in [-0.4, -0.2) is 10.8 Å². The minimum atomic E-state index is -0.0473. The molecule has 0 N–H and O–H groups in total. The van der Waals surface area contributed by atoms with E-state index in [9.17, 15) is 4.79 Å². The average molecular weight is 278 g/mol. The van der Waals surface area contributed by atoms with Gasteiger partial charge in [0.25, 0.3) is 0 Å². The van der Waals surface area contributed by atoms with Crippen LogP contribution in [0.5, 0.6) is 0 Å². The van der Waals surface area contributed by atoms with Gasteiger partial charge < -0.3 is 0 Å². The highest BCUT2D eigenvalue weighted by molar-refractivity contribution is 7.20. The first kappa shape index (κ1) is 12.5. The number of thiazole rings is 1. The first-order valence-electron chi connectivity index (χ1n) is 6.15. The van der Waals surface area contributed by atoms with Crippen LogP contribution in [0.15, 0.2) is 48.5 Å². The molecule has 0 fully saturated rings. The number of ketones is 1. The van der Waals surface area contributed by atoms with Gasteiger partial charge in [-0.15, -0.1) is 11.3 Å². The lowest BCUT2D eigenvalue weighted by atomic mass is 10.0. The summed E-state index contributed by atoms with van der Waals surface area (Å²) in [5, 5.41) is 9.54. The third-order valence-electron chi connectivity index (χ3n) is 3.02. The molecule has 0 aliphatic carbocycles. The Hall–Kier alpha value is -2.51. The molecule has 0 atom stereocenters. The molecule has 0 amide bonds. The van der Waals surface area contributed by atoms with Crippen LogP contribution in [0.25, 0.3) is 10.2 Å². The van der Waals surface area contributed by atoms with Crippen molar-refractivity contribution in [1.82, 2.24) is 4.98 Å². The van der Waals surface area contributed by atoms with E-state index in [2.05, 4.69) is 11.1 Å². The van der Waals surface area contributed by atoms with Crippen molar-refractivity contribution < 1.29 is 4.79 Å². The molecule has 0 aliphatic heterocycles. The van der Waals surface area contributed by atoms with Gasteiger partial charge in [0, 0.05) is 6.42 Å². The molecule has 96 valence electrons. The smallest absolute Gasteiger partial charge is 0.195 e. The van der Waals surface area contributed by atoms with Gasteiger partial charge in [-0.3, -0.25) is 4.79 Å². The van der Waals surface area contributed by atoms with Crippen molar-refractivity contribution >= 4 is 27.3 Å². The van der Waals surface area contributed by atoms with Crippen molar-refractivity contribution in [2.75, 3.05) is 0 Å². The molecule has 1 aromatic heterocycles. The maximum atomic E-state index is 12.3. The number of aromatic nitrogens is 1. The van der Waals surface area contributed by atoms with E-state index in [-0.39, 0.29) is 12.2 Å². The lowest BCUT2D eigenvalue weighted by molar-refractivity contribution is 0.0992. The second kappa shape index (κ2) is 5.24. The Morgan fingerprint density at radius 2 is 1.90 bits per heavy atom. The van der Waals surface area contributed by atoms with Gasteiger partial charge in [-0.05, 0) is 23.8 Å². The fraction of sp³-hybridized carbons (Fsp3) is 0.0625.